The van der Waals surface area contributed by atoms with E-state index in [0.717, 1.165) is 34.0 Å². The number of carbonyl (C=O) groups is 1. The van der Waals surface area contributed by atoms with Crippen molar-refractivity contribution in [1.82, 2.24) is 14.2 Å². The molecular weight excluding hydrogens is 507 g/mol. The molecule has 2 aromatic heterocycles. The average molecular weight is 529 g/mol. The first-order valence-corrected chi connectivity index (χ1v) is 14.2. The first-order chi connectivity index (χ1) is 15.8. The predicted octanol–water partition coefficient (Wildman–Crippen LogP) is 4.04. The summed E-state index contributed by atoms with van der Waals surface area (Å²) in [7, 11) is -3.78. The van der Waals surface area contributed by atoms with Crippen LogP contribution in [-0.4, -0.2) is 67.3 Å². The third kappa shape index (κ3) is 4.37. The van der Waals surface area contributed by atoms with Crippen LogP contribution in [0, 0.1) is 5.82 Å². The van der Waals surface area contributed by atoms with E-state index in [1.807, 2.05) is 6.07 Å². The zero-order valence-electron chi connectivity index (χ0n) is 17.6. The summed E-state index contributed by atoms with van der Waals surface area (Å²) < 4.78 is 43.1. The topological polar surface area (TPSA) is 73.8 Å². The van der Waals surface area contributed by atoms with Crippen LogP contribution in [0.2, 0.25) is 4.34 Å². The van der Waals surface area contributed by atoms with Crippen LogP contribution in [0.4, 0.5) is 9.52 Å². The zero-order chi connectivity index (χ0) is 23.2. The minimum absolute atomic E-state index is 0.157. The van der Waals surface area contributed by atoms with Gasteiger partial charge in [0.25, 0.3) is 10.0 Å². The fraction of sp³-hybridized carbons (Fsp3) is 0.429. The van der Waals surface area contributed by atoms with Crippen molar-refractivity contribution in [2.24, 2.45) is 0 Å². The number of aromatic nitrogens is 1. The van der Waals surface area contributed by atoms with Crippen LogP contribution in [-0.2, 0) is 14.8 Å². The smallest absolute Gasteiger partial charge is 0.253 e. The van der Waals surface area contributed by atoms with Gasteiger partial charge in [-0.05, 0) is 37.1 Å². The van der Waals surface area contributed by atoms with Gasteiger partial charge in [0.1, 0.15) is 21.6 Å². The summed E-state index contributed by atoms with van der Waals surface area (Å²) in [6.45, 7) is 2.38. The lowest BCUT2D eigenvalue weighted by Gasteiger charge is -2.40. The van der Waals surface area contributed by atoms with E-state index < -0.39 is 16.1 Å². The molecular formula is C21H22ClFN4O3S3. The van der Waals surface area contributed by atoms with E-state index in [1.165, 1.54) is 27.8 Å². The summed E-state index contributed by atoms with van der Waals surface area (Å²) >= 11 is 8.40. The number of piperazine rings is 1. The van der Waals surface area contributed by atoms with Gasteiger partial charge < -0.3 is 9.80 Å². The Bertz CT molecular complexity index is 1290. The summed E-state index contributed by atoms with van der Waals surface area (Å²) in [5.74, 6) is -0.495. The van der Waals surface area contributed by atoms with Crippen LogP contribution in [0.5, 0.6) is 0 Å². The average Bonchev–Trinajstić information content (AvgIpc) is 3.46. The highest BCUT2D eigenvalue weighted by Crippen LogP contribution is 2.33. The molecule has 2 aliphatic rings. The van der Waals surface area contributed by atoms with E-state index in [2.05, 4.69) is 9.88 Å². The summed E-state index contributed by atoms with van der Waals surface area (Å²) in [5.41, 5.74) is 0.368. The number of amides is 1. The summed E-state index contributed by atoms with van der Waals surface area (Å²) in [5, 5.41) is 0.735. The summed E-state index contributed by atoms with van der Waals surface area (Å²) in [6.07, 6.45) is 2.05. The maximum Gasteiger partial charge on any atom is 0.253 e. The molecule has 5 rings (SSSR count). The molecule has 2 saturated heterocycles. The van der Waals surface area contributed by atoms with Crippen LogP contribution in [0.3, 0.4) is 0 Å². The summed E-state index contributed by atoms with van der Waals surface area (Å²) in [4.78, 5) is 21.6. The van der Waals surface area contributed by atoms with Gasteiger partial charge in [-0.1, -0.05) is 35.4 Å². The van der Waals surface area contributed by atoms with Gasteiger partial charge >= 0.3 is 0 Å². The molecule has 1 amide bonds. The number of thiophene rings is 1. The third-order valence-corrected chi connectivity index (χ3v) is 10.8. The number of hydrogen-bond acceptors (Lipinski definition) is 7. The maximum absolute atomic E-state index is 14.0. The largest absolute Gasteiger partial charge is 0.345 e. The quantitative estimate of drug-likeness (QED) is 0.511. The Balaban J connectivity index is 1.29. The molecule has 176 valence electrons. The van der Waals surface area contributed by atoms with E-state index in [0.29, 0.717) is 49.0 Å². The SMILES string of the molecule is O=C(C1CCCCN1S(=O)(=O)c1ccc(Cl)s1)N1CCN(c2nc3c(F)cccc3s2)CC1. The van der Waals surface area contributed by atoms with Crippen LogP contribution in [0.25, 0.3) is 10.2 Å². The molecule has 3 aromatic rings. The van der Waals surface area contributed by atoms with Crippen molar-refractivity contribution in [2.45, 2.75) is 29.5 Å². The third-order valence-electron chi connectivity index (χ3n) is 6.07. The number of hydrogen-bond donors (Lipinski definition) is 0. The Morgan fingerprint density at radius 3 is 2.55 bits per heavy atom. The molecule has 12 heteroatoms. The molecule has 1 aromatic carbocycles. The Morgan fingerprint density at radius 2 is 1.85 bits per heavy atom. The van der Waals surface area contributed by atoms with Crippen molar-refractivity contribution >= 4 is 65.6 Å². The molecule has 0 spiro atoms. The maximum atomic E-state index is 14.0. The molecule has 0 aliphatic carbocycles. The molecule has 2 aliphatic heterocycles. The van der Waals surface area contributed by atoms with Gasteiger partial charge in [-0.25, -0.2) is 17.8 Å². The number of nitrogens with zero attached hydrogens (tertiary/aromatic N) is 4. The Kier molecular flexibility index (Phi) is 6.34. The monoisotopic (exact) mass is 528 g/mol. The lowest BCUT2D eigenvalue weighted by molar-refractivity contribution is -0.136. The van der Waals surface area contributed by atoms with Crippen molar-refractivity contribution in [1.29, 1.82) is 0 Å². The van der Waals surface area contributed by atoms with Gasteiger partial charge in [0, 0.05) is 32.7 Å². The number of thiazole rings is 1. The molecule has 0 radical (unpaired) electrons. The van der Waals surface area contributed by atoms with Gasteiger partial charge in [0.15, 0.2) is 5.13 Å². The highest BCUT2D eigenvalue weighted by Gasteiger charge is 2.40. The molecule has 0 saturated carbocycles. The molecule has 4 heterocycles. The van der Waals surface area contributed by atoms with Gasteiger partial charge in [0.05, 0.1) is 9.04 Å². The van der Waals surface area contributed by atoms with Gasteiger partial charge in [-0.15, -0.1) is 11.3 Å². The Morgan fingerprint density at radius 1 is 1.06 bits per heavy atom. The zero-order valence-corrected chi connectivity index (χ0v) is 20.8. The van der Waals surface area contributed by atoms with Gasteiger partial charge in [-0.3, -0.25) is 4.79 Å². The van der Waals surface area contributed by atoms with Crippen LogP contribution >= 0.6 is 34.3 Å². The summed E-state index contributed by atoms with van der Waals surface area (Å²) in [6, 6.07) is 7.28. The number of anilines is 1. The molecule has 0 bridgehead atoms. The van der Waals surface area contributed by atoms with Crippen LogP contribution in [0.1, 0.15) is 19.3 Å². The van der Waals surface area contributed by atoms with E-state index in [1.54, 1.807) is 17.0 Å². The second kappa shape index (κ2) is 9.10. The number of para-hydroxylation sites is 1. The van der Waals surface area contributed by atoms with Crippen molar-refractivity contribution in [3.8, 4) is 0 Å². The number of benzene rings is 1. The molecule has 1 unspecified atom stereocenters. The van der Waals surface area contributed by atoms with E-state index >= 15 is 0 Å². The van der Waals surface area contributed by atoms with Crippen LogP contribution < -0.4 is 4.90 Å². The first-order valence-electron chi connectivity index (χ1n) is 10.7. The first kappa shape index (κ1) is 23.0. The van der Waals surface area contributed by atoms with Crippen molar-refractivity contribution in [3.63, 3.8) is 0 Å². The molecule has 33 heavy (non-hydrogen) atoms. The number of rotatable bonds is 4. The normalized spacial score (nSPS) is 20.5. The number of sulfonamides is 1. The van der Waals surface area contributed by atoms with Gasteiger partial charge in [-0.2, -0.15) is 4.31 Å². The fourth-order valence-electron chi connectivity index (χ4n) is 4.36. The second-order valence-electron chi connectivity index (χ2n) is 8.08. The number of halogens is 2. The minimum atomic E-state index is -3.78. The lowest BCUT2D eigenvalue weighted by atomic mass is 10.0. The fourth-order valence-corrected chi connectivity index (χ4v) is 8.65. The number of piperidine rings is 1. The van der Waals surface area contributed by atoms with E-state index in [9.17, 15) is 17.6 Å². The molecule has 1 atom stereocenters. The van der Waals surface area contributed by atoms with Crippen LogP contribution in [0.15, 0.2) is 34.5 Å². The number of carbonyl (C=O) groups excluding carboxylic acids is 1. The van der Waals surface area contributed by atoms with Gasteiger partial charge in [0.2, 0.25) is 5.91 Å². The Hall–Kier alpha value is -1.79. The van der Waals surface area contributed by atoms with E-state index in [4.69, 9.17) is 11.6 Å². The number of fused-ring (bicyclic) bond motifs is 1. The van der Waals surface area contributed by atoms with Crippen molar-refractivity contribution in [2.75, 3.05) is 37.6 Å². The van der Waals surface area contributed by atoms with Crippen molar-refractivity contribution in [3.05, 3.63) is 40.5 Å². The predicted molar refractivity (Wildman–Crippen MR) is 129 cm³/mol. The minimum Gasteiger partial charge on any atom is -0.345 e. The Labute approximate surface area is 204 Å². The second-order valence-corrected chi connectivity index (χ2v) is 12.9. The standard InChI is InChI=1S/C21H22ClFN4O3S3/c22-17-7-8-18(32-17)33(29,30)27-9-2-1-5-15(27)20(28)25-10-12-26(13-11-25)21-24-19-14(23)4-3-6-16(19)31-21/h3-4,6-8,15H,1-2,5,9-13H2. The highest BCUT2D eigenvalue weighted by atomic mass is 35.5. The van der Waals surface area contributed by atoms with Crippen molar-refractivity contribution < 1.29 is 17.6 Å². The van der Waals surface area contributed by atoms with E-state index in [-0.39, 0.29) is 15.9 Å². The molecule has 7 nitrogen and oxygen atoms in total. The molecule has 2 fully saturated rings. The lowest BCUT2D eigenvalue weighted by Crippen LogP contribution is -2.57. The molecule has 0 N–H and O–H groups in total. The highest BCUT2D eigenvalue weighted by molar-refractivity contribution is 7.91.